The molecule has 6 heteroatoms. The Kier molecular flexibility index (Phi) is 6.94. The third-order valence-electron chi connectivity index (χ3n) is 5.59. The maximum absolute atomic E-state index is 13.0. The Hall–Kier alpha value is -3.38. The van der Waals surface area contributed by atoms with E-state index in [1.165, 1.54) is 11.1 Å². The molecule has 0 aliphatic rings. The maximum Gasteiger partial charge on any atom is 0.255 e. The van der Waals surface area contributed by atoms with Crippen LogP contribution in [0.15, 0.2) is 77.3 Å². The summed E-state index contributed by atoms with van der Waals surface area (Å²) in [5, 5.41) is 7.71. The molecule has 0 fully saturated rings. The topological polar surface area (TPSA) is 56.2 Å². The van der Waals surface area contributed by atoms with Crippen molar-refractivity contribution in [3.63, 3.8) is 0 Å². The van der Waals surface area contributed by atoms with E-state index >= 15 is 0 Å². The standard InChI is InChI=1S/C27H26BrN3O2/c1-18-8-4-5-10-23(18)16-31-20(3)26(19(2)30-31)29-27(32)22-11-6-9-21(14-22)17-33-25-13-7-12-24(28)15-25/h4-15H,16-17H2,1-3H3,(H,29,32). The molecule has 0 saturated heterocycles. The van der Waals surface area contributed by atoms with Crippen molar-refractivity contribution in [1.82, 2.24) is 9.78 Å². The summed E-state index contributed by atoms with van der Waals surface area (Å²) in [5.41, 5.74) is 6.41. The van der Waals surface area contributed by atoms with Crippen molar-refractivity contribution in [2.75, 3.05) is 5.32 Å². The fourth-order valence-electron chi connectivity index (χ4n) is 3.69. The predicted octanol–water partition coefficient (Wildman–Crippen LogP) is 6.45. The Bertz CT molecular complexity index is 1300. The number of nitrogens with one attached hydrogen (secondary N) is 1. The van der Waals surface area contributed by atoms with E-state index in [0.717, 1.165) is 32.9 Å². The average molecular weight is 504 g/mol. The number of carbonyl (C=O) groups excluding carboxylic acids is 1. The van der Waals surface area contributed by atoms with Crippen LogP contribution in [0.1, 0.15) is 38.4 Å². The van der Waals surface area contributed by atoms with Crippen molar-refractivity contribution in [3.05, 3.63) is 111 Å². The van der Waals surface area contributed by atoms with Gasteiger partial charge in [0, 0.05) is 10.0 Å². The number of hydrogen-bond acceptors (Lipinski definition) is 3. The van der Waals surface area contributed by atoms with Crippen molar-refractivity contribution < 1.29 is 9.53 Å². The summed E-state index contributed by atoms with van der Waals surface area (Å²) in [6, 6.07) is 23.4. The molecule has 1 N–H and O–H groups in total. The van der Waals surface area contributed by atoms with Gasteiger partial charge in [0.2, 0.25) is 0 Å². The summed E-state index contributed by atoms with van der Waals surface area (Å²) < 4.78 is 8.76. The Labute approximate surface area is 202 Å². The van der Waals surface area contributed by atoms with Gasteiger partial charge in [-0.25, -0.2) is 0 Å². The highest BCUT2D eigenvalue weighted by Crippen LogP contribution is 2.23. The van der Waals surface area contributed by atoms with Gasteiger partial charge in [-0.2, -0.15) is 5.10 Å². The second-order valence-electron chi connectivity index (χ2n) is 8.03. The van der Waals surface area contributed by atoms with E-state index < -0.39 is 0 Å². The van der Waals surface area contributed by atoms with Gasteiger partial charge in [-0.3, -0.25) is 9.48 Å². The molecule has 0 spiro atoms. The molecule has 4 aromatic rings. The first-order valence-electron chi connectivity index (χ1n) is 10.8. The van der Waals surface area contributed by atoms with Gasteiger partial charge < -0.3 is 10.1 Å². The van der Waals surface area contributed by atoms with Crippen LogP contribution < -0.4 is 10.1 Å². The minimum atomic E-state index is -0.166. The molecule has 0 saturated carbocycles. The molecule has 1 aromatic heterocycles. The van der Waals surface area contributed by atoms with Gasteiger partial charge in [-0.05, 0) is 67.8 Å². The van der Waals surface area contributed by atoms with E-state index in [4.69, 9.17) is 4.74 Å². The molecule has 0 aliphatic heterocycles. The second-order valence-corrected chi connectivity index (χ2v) is 8.95. The number of nitrogens with zero attached hydrogens (tertiary/aromatic N) is 2. The number of aromatic nitrogens is 2. The second kappa shape index (κ2) is 10.0. The third kappa shape index (κ3) is 5.52. The monoisotopic (exact) mass is 503 g/mol. The third-order valence-corrected chi connectivity index (χ3v) is 6.09. The fraction of sp³-hybridized carbons (Fsp3) is 0.185. The number of anilines is 1. The zero-order valence-electron chi connectivity index (χ0n) is 18.9. The molecule has 0 bridgehead atoms. The molecule has 0 aliphatic carbocycles. The summed E-state index contributed by atoms with van der Waals surface area (Å²) in [5.74, 6) is 0.604. The minimum absolute atomic E-state index is 0.166. The predicted molar refractivity (Wildman–Crippen MR) is 135 cm³/mol. The lowest BCUT2D eigenvalue weighted by molar-refractivity contribution is 0.102. The Morgan fingerprint density at radius 3 is 2.58 bits per heavy atom. The van der Waals surface area contributed by atoms with Gasteiger partial charge in [0.05, 0.1) is 23.6 Å². The van der Waals surface area contributed by atoms with Gasteiger partial charge in [0.25, 0.3) is 5.91 Å². The molecule has 1 heterocycles. The SMILES string of the molecule is Cc1ccccc1Cn1nc(C)c(NC(=O)c2cccc(COc3cccc(Br)c3)c2)c1C. The molecule has 33 heavy (non-hydrogen) atoms. The quantitative estimate of drug-likeness (QED) is 0.315. The Balaban J connectivity index is 1.46. The molecular formula is C27H26BrN3O2. The molecule has 5 nitrogen and oxygen atoms in total. The molecule has 0 radical (unpaired) electrons. The molecule has 1 amide bonds. The van der Waals surface area contributed by atoms with Crippen LogP contribution in [0.5, 0.6) is 5.75 Å². The Morgan fingerprint density at radius 1 is 1.00 bits per heavy atom. The first kappa shape index (κ1) is 22.8. The zero-order chi connectivity index (χ0) is 23.4. The van der Waals surface area contributed by atoms with Crippen LogP contribution in [0.3, 0.4) is 0 Å². The average Bonchev–Trinajstić information content (AvgIpc) is 3.07. The highest BCUT2D eigenvalue weighted by atomic mass is 79.9. The van der Waals surface area contributed by atoms with Gasteiger partial charge in [-0.1, -0.05) is 58.4 Å². The van der Waals surface area contributed by atoms with Crippen LogP contribution in [0, 0.1) is 20.8 Å². The summed E-state index contributed by atoms with van der Waals surface area (Å²) in [7, 11) is 0. The van der Waals surface area contributed by atoms with Gasteiger partial charge in [0.15, 0.2) is 0 Å². The zero-order valence-corrected chi connectivity index (χ0v) is 20.5. The first-order valence-corrected chi connectivity index (χ1v) is 11.6. The van der Waals surface area contributed by atoms with Crippen molar-refractivity contribution in [1.29, 1.82) is 0 Å². The van der Waals surface area contributed by atoms with E-state index in [-0.39, 0.29) is 5.91 Å². The van der Waals surface area contributed by atoms with Crippen LogP contribution in [0.2, 0.25) is 0 Å². The molecule has 0 atom stereocenters. The van der Waals surface area contributed by atoms with Gasteiger partial charge in [-0.15, -0.1) is 0 Å². The van der Waals surface area contributed by atoms with Crippen LogP contribution in [0.25, 0.3) is 0 Å². The summed E-state index contributed by atoms with van der Waals surface area (Å²) >= 11 is 3.45. The summed E-state index contributed by atoms with van der Waals surface area (Å²) in [6.07, 6.45) is 0. The van der Waals surface area contributed by atoms with E-state index in [1.807, 2.05) is 73.1 Å². The van der Waals surface area contributed by atoms with Crippen LogP contribution in [0.4, 0.5) is 5.69 Å². The van der Waals surface area contributed by atoms with Crippen LogP contribution in [-0.2, 0) is 13.2 Å². The number of aryl methyl sites for hydroxylation is 2. The lowest BCUT2D eigenvalue weighted by Gasteiger charge is -2.10. The molecular weight excluding hydrogens is 478 g/mol. The Morgan fingerprint density at radius 2 is 1.79 bits per heavy atom. The number of carbonyl (C=O) groups is 1. The first-order chi connectivity index (χ1) is 15.9. The molecule has 168 valence electrons. The fourth-order valence-corrected chi connectivity index (χ4v) is 4.07. The summed E-state index contributed by atoms with van der Waals surface area (Å²) in [4.78, 5) is 13.0. The number of benzene rings is 3. The van der Waals surface area contributed by atoms with Crippen molar-refractivity contribution in [2.24, 2.45) is 0 Å². The number of amides is 1. The van der Waals surface area contributed by atoms with Crippen molar-refractivity contribution >= 4 is 27.5 Å². The highest BCUT2D eigenvalue weighted by Gasteiger charge is 2.16. The number of ether oxygens (including phenoxy) is 1. The van der Waals surface area contributed by atoms with Gasteiger partial charge in [0.1, 0.15) is 12.4 Å². The van der Waals surface area contributed by atoms with E-state index in [9.17, 15) is 4.79 Å². The van der Waals surface area contributed by atoms with Crippen LogP contribution in [-0.4, -0.2) is 15.7 Å². The molecule has 4 rings (SSSR count). The largest absolute Gasteiger partial charge is 0.489 e. The van der Waals surface area contributed by atoms with E-state index in [0.29, 0.717) is 18.7 Å². The van der Waals surface area contributed by atoms with Crippen LogP contribution >= 0.6 is 15.9 Å². The van der Waals surface area contributed by atoms with Gasteiger partial charge >= 0.3 is 0 Å². The number of halogens is 1. The number of hydrogen-bond donors (Lipinski definition) is 1. The smallest absolute Gasteiger partial charge is 0.255 e. The minimum Gasteiger partial charge on any atom is -0.489 e. The molecule has 0 unspecified atom stereocenters. The molecule has 3 aromatic carbocycles. The van der Waals surface area contributed by atoms with Crippen molar-refractivity contribution in [2.45, 2.75) is 33.9 Å². The highest BCUT2D eigenvalue weighted by molar-refractivity contribution is 9.10. The maximum atomic E-state index is 13.0. The van der Waals surface area contributed by atoms with E-state index in [2.05, 4.69) is 45.4 Å². The normalized spacial score (nSPS) is 10.8. The van der Waals surface area contributed by atoms with Crippen molar-refractivity contribution in [3.8, 4) is 5.75 Å². The van der Waals surface area contributed by atoms with E-state index in [1.54, 1.807) is 6.07 Å². The number of rotatable bonds is 7. The summed E-state index contributed by atoms with van der Waals surface area (Å²) in [6.45, 7) is 7.04. The lowest BCUT2D eigenvalue weighted by atomic mass is 10.1. The lowest BCUT2D eigenvalue weighted by Crippen LogP contribution is -2.14.